The van der Waals surface area contributed by atoms with E-state index < -0.39 is 0 Å². The predicted octanol–water partition coefficient (Wildman–Crippen LogP) is 5.95. The highest BCUT2D eigenvalue weighted by Crippen LogP contribution is 2.28. The van der Waals surface area contributed by atoms with Crippen LogP contribution in [-0.2, 0) is 14.9 Å². The Hall–Kier alpha value is -3.36. The van der Waals surface area contributed by atoms with Gasteiger partial charge in [-0.25, -0.2) is 9.48 Å². The third-order valence-electron chi connectivity index (χ3n) is 5.82. The quantitative estimate of drug-likeness (QED) is 0.338. The van der Waals surface area contributed by atoms with Crippen molar-refractivity contribution in [3.63, 3.8) is 0 Å². The molecule has 0 bridgehead atoms. The number of anilines is 2. The molecule has 0 unspecified atom stereocenters. The first-order valence-corrected chi connectivity index (χ1v) is 12.6. The lowest BCUT2D eigenvalue weighted by molar-refractivity contribution is -0.116. The van der Waals surface area contributed by atoms with Gasteiger partial charge in [-0.1, -0.05) is 50.1 Å². The molecule has 0 fully saturated rings. The third kappa shape index (κ3) is 7.81. The summed E-state index contributed by atoms with van der Waals surface area (Å²) in [6.45, 7) is 11.0. The number of nitrogens with zero attached hydrogens (tertiary/aromatic N) is 3. The second-order valence-corrected chi connectivity index (χ2v) is 10.6. The van der Waals surface area contributed by atoms with Gasteiger partial charge in [0.15, 0.2) is 0 Å². The first-order valence-electron chi connectivity index (χ1n) is 12.3. The number of aromatic nitrogens is 2. The minimum absolute atomic E-state index is 0.133. The molecule has 37 heavy (non-hydrogen) atoms. The molecular formula is C28H36ClN5O3. The van der Waals surface area contributed by atoms with E-state index in [0.717, 1.165) is 22.5 Å². The SMILES string of the molecule is COCCCN(CC(=O)Nc1cc(C(C)(C)C)nn1-c1ccc(C)cc1C)C(=O)Nc1ccc(Cl)cc1. The molecule has 0 aliphatic rings. The molecule has 9 heteroatoms. The predicted molar refractivity (Wildman–Crippen MR) is 149 cm³/mol. The van der Waals surface area contributed by atoms with Crippen molar-refractivity contribution in [3.8, 4) is 5.69 Å². The van der Waals surface area contributed by atoms with Gasteiger partial charge in [-0.05, 0) is 56.2 Å². The van der Waals surface area contributed by atoms with Crippen LogP contribution in [0, 0.1) is 13.8 Å². The van der Waals surface area contributed by atoms with Gasteiger partial charge in [0, 0.05) is 42.5 Å². The Labute approximate surface area is 223 Å². The van der Waals surface area contributed by atoms with Crippen molar-refractivity contribution in [1.82, 2.24) is 14.7 Å². The maximum Gasteiger partial charge on any atom is 0.322 e. The zero-order valence-electron chi connectivity index (χ0n) is 22.4. The summed E-state index contributed by atoms with van der Waals surface area (Å²) in [6.07, 6.45) is 0.590. The molecule has 198 valence electrons. The number of nitrogens with one attached hydrogen (secondary N) is 2. The average Bonchev–Trinajstić information content (AvgIpc) is 3.24. The van der Waals surface area contributed by atoms with E-state index in [1.54, 1.807) is 36.1 Å². The topological polar surface area (TPSA) is 88.5 Å². The monoisotopic (exact) mass is 525 g/mol. The molecule has 0 aliphatic carbocycles. The molecule has 1 aromatic heterocycles. The Bertz CT molecular complexity index is 1230. The number of ether oxygens (including phenoxy) is 1. The van der Waals surface area contributed by atoms with Crippen LogP contribution in [0.3, 0.4) is 0 Å². The molecule has 2 N–H and O–H groups in total. The number of urea groups is 1. The Kier molecular flexibility index (Phi) is 9.34. The first kappa shape index (κ1) is 28.2. The smallest absolute Gasteiger partial charge is 0.322 e. The van der Waals surface area contributed by atoms with Crippen molar-refractivity contribution in [1.29, 1.82) is 0 Å². The lowest BCUT2D eigenvalue weighted by atomic mass is 9.92. The molecule has 0 radical (unpaired) electrons. The second-order valence-electron chi connectivity index (χ2n) is 10.1. The second kappa shape index (κ2) is 12.3. The lowest BCUT2D eigenvalue weighted by Crippen LogP contribution is -2.41. The van der Waals surface area contributed by atoms with E-state index in [1.165, 1.54) is 4.90 Å². The largest absolute Gasteiger partial charge is 0.385 e. The van der Waals surface area contributed by atoms with Crippen LogP contribution in [0.4, 0.5) is 16.3 Å². The van der Waals surface area contributed by atoms with E-state index in [9.17, 15) is 9.59 Å². The zero-order valence-corrected chi connectivity index (χ0v) is 23.1. The number of hydrogen-bond donors (Lipinski definition) is 2. The van der Waals surface area contributed by atoms with Crippen LogP contribution in [0.25, 0.3) is 5.69 Å². The van der Waals surface area contributed by atoms with Crippen molar-refractivity contribution in [2.45, 2.75) is 46.5 Å². The van der Waals surface area contributed by atoms with Crippen LogP contribution in [0.2, 0.25) is 5.02 Å². The van der Waals surface area contributed by atoms with Crippen LogP contribution in [-0.4, -0.2) is 53.4 Å². The van der Waals surface area contributed by atoms with Crippen LogP contribution in [0.15, 0.2) is 48.5 Å². The van der Waals surface area contributed by atoms with Crippen molar-refractivity contribution in [2.75, 3.05) is 37.4 Å². The fourth-order valence-corrected chi connectivity index (χ4v) is 3.93. The molecule has 3 amide bonds. The molecule has 0 atom stereocenters. The molecule has 3 aromatic rings. The third-order valence-corrected chi connectivity index (χ3v) is 6.07. The Morgan fingerprint density at radius 3 is 2.38 bits per heavy atom. The van der Waals surface area contributed by atoms with Gasteiger partial charge in [-0.15, -0.1) is 0 Å². The number of hydrogen-bond acceptors (Lipinski definition) is 4. The summed E-state index contributed by atoms with van der Waals surface area (Å²) in [5.41, 5.74) is 4.30. The number of aryl methyl sites for hydroxylation is 2. The molecule has 3 rings (SSSR count). The maximum absolute atomic E-state index is 13.2. The fourth-order valence-electron chi connectivity index (χ4n) is 3.81. The van der Waals surface area contributed by atoms with Gasteiger partial charge in [0.05, 0.1) is 11.4 Å². The van der Waals surface area contributed by atoms with E-state index in [2.05, 4.69) is 37.5 Å². The summed E-state index contributed by atoms with van der Waals surface area (Å²) in [5.74, 6) is 0.229. The van der Waals surface area contributed by atoms with Gasteiger partial charge in [0.2, 0.25) is 5.91 Å². The Morgan fingerprint density at radius 2 is 1.76 bits per heavy atom. The molecule has 1 heterocycles. The summed E-state index contributed by atoms with van der Waals surface area (Å²) in [6, 6.07) is 14.4. The maximum atomic E-state index is 13.2. The summed E-state index contributed by atoms with van der Waals surface area (Å²) in [4.78, 5) is 27.7. The van der Waals surface area contributed by atoms with Gasteiger partial charge in [0.1, 0.15) is 12.4 Å². The Morgan fingerprint density at radius 1 is 1.05 bits per heavy atom. The zero-order chi connectivity index (χ0) is 27.2. The molecule has 0 saturated carbocycles. The lowest BCUT2D eigenvalue weighted by Gasteiger charge is -2.23. The highest BCUT2D eigenvalue weighted by molar-refractivity contribution is 6.30. The average molecular weight is 526 g/mol. The number of rotatable bonds is 9. The van der Waals surface area contributed by atoms with Crippen LogP contribution in [0.1, 0.15) is 44.0 Å². The minimum Gasteiger partial charge on any atom is -0.385 e. The van der Waals surface area contributed by atoms with E-state index in [-0.39, 0.29) is 23.9 Å². The van der Waals surface area contributed by atoms with Crippen molar-refractivity contribution in [3.05, 3.63) is 70.4 Å². The summed E-state index contributed by atoms with van der Waals surface area (Å²) in [7, 11) is 1.60. The van der Waals surface area contributed by atoms with Crippen LogP contribution in [0.5, 0.6) is 0 Å². The Balaban J connectivity index is 1.83. The number of halogens is 1. The van der Waals surface area contributed by atoms with E-state index >= 15 is 0 Å². The van der Waals surface area contributed by atoms with Gasteiger partial charge in [0.25, 0.3) is 0 Å². The summed E-state index contributed by atoms with van der Waals surface area (Å²) in [5, 5.41) is 11.2. The van der Waals surface area contributed by atoms with Gasteiger partial charge < -0.3 is 20.3 Å². The molecule has 0 saturated heterocycles. The van der Waals surface area contributed by atoms with Gasteiger partial charge in [-0.3, -0.25) is 4.79 Å². The normalized spacial score (nSPS) is 11.3. The molecule has 0 spiro atoms. The fraction of sp³-hybridized carbons (Fsp3) is 0.393. The summed E-state index contributed by atoms with van der Waals surface area (Å²) < 4.78 is 6.90. The molecule has 8 nitrogen and oxygen atoms in total. The highest BCUT2D eigenvalue weighted by atomic mass is 35.5. The molecule has 2 aromatic carbocycles. The molecular weight excluding hydrogens is 490 g/mol. The standard InChI is InChI=1S/C28H36ClN5O3/c1-19-8-13-23(20(2)16-19)34-25(17-24(32-34)28(3,4)5)31-26(35)18-33(14-7-15-37-6)27(36)30-22-11-9-21(29)10-12-22/h8-13,16-17H,7,14-15,18H2,1-6H3,(H,30,36)(H,31,35). The van der Waals surface area contributed by atoms with E-state index in [4.69, 9.17) is 21.4 Å². The van der Waals surface area contributed by atoms with Crippen molar-refractivity contribution in [2.24, 2.45) is 0 Å². The number of carbonyl (C=O) groups is 2. The summed E-state index contributed by atoms with van der Waals surface area (Å²) >= 11 is 5.95. The minimum atomic E-state index is -0.383. The van der Waals surface area contributed by atoms with Gasteiger partial charge >= 0.3 is 6.03 Å². The van der Waals surface area contributed by atoms with Crippen LogP contribution >= 0.6 is 11.6 Å². The van der Waals surface area contributed by atoms with Crippen molar-refractivity contribution >= 4 is 35.0 Å². The van der Waals surface area contributed by atoms with Gasteiger partial charge in [-0.2, -0.15) is 5.10 Å². The van der Waals surface area contributed by atoms with E-state index in [0.29, 0.717) is 36.1 Å². The number of amides is 3. The number of methoxy groups -OCH3 is 1. The van der Waals surface area contributed by atoms with Crippen LogP contribution < -0.4 is 10.6 Å². The number of benzene rings is 2. The highest BCUT2D eigenvalue weighted by Gasteiger charge is 2.23. The number of carbonyl (C=O) groups excluding carboxylic acids is 2. The van der Waals surface area contributed by atoms with E-state index in [1.807, 2.05) is 32.0 Å². The first-order chi connectivity index (χ1) is 17.5. The van der Waals surface area contributed by atoms with Crippen molar-refractivity contribution < 1.29 is 14.3 Å². The molecule has 0 aliphatic heterocycles.